The first kappa shape index (κ1) is 19.7. The third-order valence-corrected chi connectivity index (χ3v) is 4.37. The zero-order valence-electron chi connectivity index (χ0n) is 15.4. The summed E-state index contributed by atoms with van der Waals surface area (Å²) in [5.74, 6) is -0.781. The summed E-state index contributed by atoms with van der Waals surface area (Å²) in [7, 11) is 3.62. The van der Waals surface area contributed by atoms with E-state index in [9.17, 15) is 22.8 Å². The highest BCUT2D eigenvalue weighted by atomic mass is 19.4. The van der Waals surface area contributed by atoms with E-state index >= 15 is 0 Å². The second kappa shape index (κ2) is 7.53. The van der Waals surface area contributed by atoms with Gasteiger partial charge in [-0.05, 0) is 55.3 Å². The van der Waals surface area contributed by atoms with Gasteiger partial charge in [0.15, 0.2) is 0 Å². The van der Waals surface area contributed by atoms with Crippen LogP contribution in [0.4, 0.5) is 24.5 Å². The van der Waals surface area contributed by atoms with Crippen molar-refractivity contribution in [3.05, 3.63) is 59.2 Å². The highest BCUT2D eigenvalue weighted by Crippen LogP contribution is 2.29. The number of nitrogens with one attached hydrogen (secondary N) is 2. The largest absolute Gasteiger partial charge is 0.416 e. The summed E-state index contributed by atoms with van der Waals surface area (Å²) in [6.07, 6.45) is -2.55. The highest BCUT2D eigenvalue weighted by molar-refractivity contribution is 6.06. The molecule has 0 aliphatic heterocycles. The zero-order chi connectivity index (χ0) is 20.5. The van der Waals surface area contributed by atoms with Crippen molar-refractivity contribution in [1.82, 2.24) is 5.32 Å². The van der Waals surface area contributed by atoms with Crippen LogP contribution in [0.15, 0.2) is 42.5 Å². The Morgan fingerprint density at radius 1 is 1.00 bits per heavy atom. The van der Waals surface area contributed by atoms with E-state index in [4.69, 9.17) is 0 Å². The van der Waals surface area contributed by atoms with Crippen molar-refractivity contribution < 1.29 is 22.8 Å². The molecule has 0 atom stereocenters. The Morgan fingerprint density at radius 3 is 2.18 bits per heavy atom. The lowest BCUT2D eigenvalue weighted by Gasteiger charge is -2.18. The van der Waals surface area contributed by atoms with Crippen LogP contribution >= 0.6 is 0 Å². The third kappa shape index (κ3) is 4.62. The lowest BCUT2D eigenvalue weighted by atomic mass is 10.1. The smallest absolute Gasteiger partial charge is 0.377 e. The van der Waals surface area contributed by atoms with E-state index in [-0.39, 0.29) is 17.5 Å². The van der Waals surface area contributed by atoms with Crippen LogP contribution in [0.3, 0.4) is 0 Å². The number of alkyl halides is 3. The van der Waals surface area contributed by atoms with Crippen LogP contribution in [0.2, 0.25) is 0 Å². The van der Waals surface area contributed by atoms with Gasteiger partial charge in [-0.2, -0.15) is 13.2 Å². The van der Waals surface area contributed by atoms with Gasteiger partial charge in [0.2, 0.25) is 0 Å². The summed E-state index contributed by atoms with van der Waals surface area (Å²) in [6, 6.07) is 9.06. The molecule has 1 aliphatic rings. The van der Waals surface area contributed by atoms with E-state index in [2.05, 4.69) is 10.6 Å². The molecule has 0 heterocycles. The summed E-state index contributed by atoms with van der Waals surface area (Å²) < 4.78 is 37.9. The molecule has 0 bridgehead atoms. The fourth-order valence-electron chi connectivity index (χ4n) is 2.69. The maximum absolute atomic E-state index is 12.6. The molecular formula is C20H20F3N3O2. The average molecular weight is 391 g/mol. The monoisotopic (exact) mass is 391 g/mol. The Kier molecular flexibility index (Phi) is 5.31. The molecule has 0 aromatic heterocycles. The maximum Gasteiger partial charge on any atom is 0.416 e. The summed E-state index contributed by atoms with van der Waals surface area (Å²) in [4.78, 5) is 26.7. The van der Waals surface area contributed by atoms with E-state index in [0.717, 1.165) is 37.1 Å². The van der Waals surface area contributed by atoms with Crippen LogP contribution < -0.4 is 15.5 Å². The van der Waals surface area contributed by atoms with Crippen LogP contribution in [-0.4, -0.2) is 32.0 Å². The second-order valence-electron chi connectivity index (χ2n) is 6.90. The Labute approximate surface area is 160 Å². The van der Waals surface area contributed by atoms with Crippen molar-refractivity contribution in [2.45, 2.75) is 25.1 Å². The van der Waals surface area contributed by atoms with Gasteiger partial charge in [0.1, 0.15) is 0 Å². The molecule has 0 saturated heterocycles. The summed E-state index contributed by atoms with van der Waals surface area (Å²) in [6.45, 7) is 0. The van der Waals surface area contributed by atoms with Gasteiger partial charge in [-0.3, -0.25) is 9.59 Å². The second-order valence-corrected chi connectivity index (χ2v) is 6.90. The van der Waals surface area contributed by atoms with Crippen molar-refractivity contribution in [1.29, 1.82) is 0 Å². The van der Waals surface area contributed by atoms with Crippen molar-refractivity contribution in [3.63, 3.8) is 0 Å². The van der Waals surface area contributed by atoms with E-state index in [1.54, 1.807) is 23.1 Å². The molecule has 8 heteroatoms. The van der Waals surface area contributed by atoms with Gasteiger partial charge in [-0.1, -0.05) is 0 Å². The number of carbonyl (C=O) groups excluding carboxylic acids is 2. The van der Waals surface area contributed by atoms with E-state index < -0.39 is 17.6 Å². The quantitative estimate of drug-likeness (QED) is 0.812. The first-order valence-electron chi connectivity index (χ1n) is 8.76. The molecule has 3 rings (SSSR count). The van der Waals surface area contributed by atoms with Crippen molar-refractivity contribution >= 4 is 23.2 Å². The number of nitrogens with zero attached hydrogens (tertiary/aromatic N) is 1. The van der Waals surface area contributed by atoms with E-state index in [1.807, 2.05) is 14.1 Å². The van der Waals surface area contributed by atoms with Crippen LogP contribution in [0.5, 0.6) is 0 Å². The zero-order valence-corrected chi connectivity index (χ0v) is 15.4. The fraction of sp³-hybridized carbons (Fsp3) is 0.300. The minimum absolute atomic E-state index is 0.0914. The Morgan fingerprint density at radius 2 is 1.64 bits per heavy atom. The molecular weight excluding hydrogens is 371 g/mol. The molecule has 1 fully saturated rings. The standard InChI is InChI=1S/C20H20F3N3O2/c1-26(2)17-10-9-15(11-16(17)19(28)24-14-7-8-14)25-18(27)12-3-5-13(6-4-12)20(21,22)23/h3-6,9-11,14H,7-8H2,1-2H3,(H,24,28)(H,25,27). The molecule has 148 valence electrons. The maximum atomic E-state index is 12.6. The Hall–Kier alpha value is -3.03. The topological polar surface area (TPSA) is 61.4 Å². The first-order chi connectivity index (χ1) is 13.1. The minimum atomic E-state index is -4.46. The molecule has 5 nitrogen and oxygen atoms in total. The third-order valence-electron chi connectivity index (χ3n) is 4.37. The molecule has 2 aromatic rings. The molecule has 0 unspecified atom stereocenters. The Balaban J connectivity index is 1.79. The SMILES string of the molecule is CN(C)c1ccc(NC(=O)c2ccc(C(F)(F)F)cc2)cc1C(=O)NC1CC1. The number of rotatable bonds is 5. The molecule has 0 radical (unpaired) electrons. The molecule has 2 aromatic carbocycles. The van der Waals surface area contributed by atoms with Crippen LogP contribution in [-0.2, 0) is 6.18 Å². The van der Waals surface area contributed by atoms with Gasteiger partial charge in [0.05, 0.1) is 11.1 Å². The van der Waals surface area contributed by atoms with Crippen LogP contribution in [0, 0.1) is 0 Å². The number of carbonyl (C=O) groups is 2. The molecule has 2 amide bonds. The van der Waals surface area contributed by atoms with Crippen molar-refractivity contribution in [3.8, 4) is 0 Å². The average Bonchev–Trinajstić information content (AvgIpc) is 3.44. The van der Waals surface area contributed by atoms with Crippen molar-refractivity contribution in [2.75, 3.05) is 24.3 Å². The number of hydrogen-bond donors (Lipinski definition) is 2. The normalized spacial score (nSPS) is 13.8. The van der Waals surface area contributed by atoms with Crippen LogP contribution in [0.1, 0.15) is 39.1 Å². The predicted octanol–water partition coefficient (Wildman–Crippen LogP) is 3.92. The first-order valence-corrected chi connectivity index (χ1v) is 8.76. The van der Waals surface area contributed by atoms with Crippen LogP contribution in [0.25, 0.3) is 0 Å². The van der Waals surface area contributed by atoms with Gasteiger partial charge in [-0.15, -0.1) is 0 Å². The fourth-order valence-corrected chi connectivity index (χ4v) is 2.69. The van der Waals surface area contributed by atoms with Gasteiger partial charge < -0.3 is 15.5 Å². The Bertz CT molecular complexity index is 889. The molecule has 1 saturated carbocycles. The molecule has 2 N–H and O–H groups in total. The highest BCUT2D eigenvalue weighted by Gasteiger charge is 2.30. The summed E-state index contributed by atoms with van der Waals surface area (Å²) >= 11 is 0. The number of hydrogen-bond acceptors (Lipinski definition) is 3. The summed E-state index contributed by atoms with van der Waals surface area (Å²) in [5, 5.41) is 5.54. The van der Waals surface area contributed by atoms with Crippen molar-refractivity contribution in [2.24, 2.45) is 0 Å². The predicted molar refractivity (Wildman–Crippen MR) is 101 cm³/mol. The lowest BCUT2D eigenvalue weighted by molar-refractivity contribution is -0.137. The van der Waals surface area contributed by atoms with Gasteiger partial charge in [0.25, 0.3) is 11.8 Å². The molecule has 1 aliphatic carbocycles. The number of halogens is 3. The summed E-state index contributed by atoms with van der Waals surface area (Å²) in [5.41, 5.74) is 0.774. The van der Waals surface area contributed by atoms with E-state index in [0.29, 0.717) is 16.9 Å². The van der Waals surface area contributed by atoms with Gasteiger partial charge >= 0.3 is 6.18 Å². The minimum Gasteiger partial charge on any atom is -0.377 e. The molecule has 0 spiro atoms. The number of anilines is 2. The molecule has 28 heavy (non-hydrogen) atoms. The van der Waals surface area contributed by atoms with Gasteiger partial charge in [-0.25, -0.2) is 0 Å². The lowest BCUT2D eigenvalue weighted by Crippen LogP contribution is -2.27. The number of benzene rings is 2. The number of amides is 2. The van der Waals surface area contributed by atoms with Gasteiger partial charge in [0, 0.05) is 37.1 Å². The van der Waals surface area contributed by atoms with E-state index in [1.165, 1.54) is 0 Å².